The summed E-state index contributed by atoms with van der Waals surface area (Å²) in [5.41, 5.74) is 3.78. The van der Waals surface area contributed by atoms with Gasteiger partial charge in [0.05, 0.1) is 6.61 Å². The van der Waals surface area contributed by atoms with E-state index < -0.39 is 0 Å². The van der Waals surface area contributed by atoms with Gasteiger partial charge in [-0.15, -0.1) is 0 Å². The standard InChI is InChI=1S/C20H34N4O2/c1-17-19(22-7-10-23-8-3-4-9-23)15-18(26-14-13-25-2)16-20(17)24-11-5-21-6-12-24/h15-16,21-22H,3-14H2,1-2H3. The van der Waals surface area contributed by atoms with Gasteiger partial charge >= 0.3 is 0 Å². The van der Waals surface area contributed by atoms with E-state index in [1.54, 1.807) is 7.11 Å². The van der Waals surface area contributed by atoms with E-state index in [0.717, 1.165) is 45.0 Å². The molecule has 2 fully saturated rings. The molecule has 6 nitrogen and oxygen atoms in total. The van der Waals surface area contributed by atoms with Gasteiger partial charge in [0.15, 0.2) is 0 Å². The smallest absolute Gasteiger partial charge is 0.123 e. The number of ether oxygens (including phenoxy) is 2. The second-order valence-electron chi connectivity index (χ2n) is 7.17. The van der Waals surface area contributed by atoms with Crippen molar-refractivity contribution >= 4 is 11.4 Å². The summed E-state index contributed by atoms with van der Waals surface area (Å²) in [6, 6.07) is 4.32. The van der Waals surface area contributed by atoms with Crippen LogP contribution in [0, 0.1) is 6.92 Å². The molecule has 0 saturated carbocycles. The Morgan fingerprint density at radius 1 is 1.08 bits per heavy atom. The van der Waals surface area contributed by atoms with E-state index in [0.29, 0.717) is 13.2 Å². The number of nitrogens with one attached hydrogen (secondary N) is 2. The Morgan fingerprint density at radius 3 is 2.58 bits per heavy atom. The van der Waals surface area contributed by atoms with Gasteiger partial charge in [0.25, 0.3) is 0 Å². The fraction of sp³-hybridized carbons (Fsp3) is 0.700. The van der Waals surface area contributed by atoms with E-state index >= 15 is 0 Å². The highest BCUT2D eigenvalue weighted by atomic mass is 16.5. The number of likely N-dealkylation sites (tertiary alicyclic amines) is 1. The molecule has 3 rings (SSSR count). The Labute approximate surface area is 157 Å². The maximum atomic E-state index is 5.94. The van der Waals surface area contributed by atoms with Gasteiger partial charge in [0, 0.05) is 69.9 Å². The summed E-state index contributed by atoms with van der Waals surface area (Å²) in [5, 5.41) is 7.08. The van der Waals surface area contributed by atoms with E-state index in [1.807, 2.05) is 0 Å². The third kappa shape index (κ3) is 5.25. The van der Waals surface area contributed by atoms with Crippen molar-refractivity contribution in [1.82, 2.24) is 10.2 Å². The third-order valence-electron chi connectivity index (χ3n) is 5.31. The molecule has 0 radical (unpaired) electrons. The molecule has 2 N–H and O–H groups in total. The molecule has 0 atom stereocenters. The lowest BCUT2D eigenvalue weighted by atomic mass is 10.1. The van der Waals surface area contributed by atoms with Crippen LogP contribution in [0.3, 0.4) is 0 Å². The van der Waals surface area contributed by atoms with Crippen molar-refractivity contribution in [2.45, 2.75) is 19.8 Å². The maximum absolute atomic E-state index is 5.94. The van der Waals surface area contributed by atoms with Crippen LogP contribution in [0.2, 0.25) is 0 Å². The van der Waals surface area contributed by atoms with Crippen LogP contribution in [0.1, 0.15) is 18.4 Å². The van der Waals surface area contributed by atoms with E-state index in [1.165, 1.54) is 42.9 Å². The van der Waals surface area contributed by atoms with Crippen LogP contribution < -0.4 is 20.3 Å². The summed E-state index contributed by atoms with van der Waals surface area (Å²) in [6.45, 7) is 12.1. The predicted molar refractivity (Wildman–Crippen MR) is 108 cm³/mol. The van der Waals surface area contributed by atoms with Crippen LogP contribution in [-0.2, 0) is 4.74 Å². The zero-order valence-corrected chi connectivity index (χ0v) is 16.4. The molecule has 0 aromatic heterocycles. The van der Waals surface area contributed by atoms with Gasteiger partial charge in [-0.2, -0.15) is 0 Å². The highest BCUT2D eigenvalue weighted by Gasteiger charge is 2.17. The van der Waals surface area contributed by atoms with Gasteiger partial charge < -0.3 is 29.9 Å². The van der Waals surface area contributed by atoms with Gasteiger partial charge in [0.2, 0.25) is 0 Å². The first-order valence-corrected chi connectivity index (χ1v) is 9.96. The molecular formula is C20H34N4O2. The fourth-order valence-corrected chi connectivity index (χ4v) is 3.77. The van der Waals surface area contributed by atoms with Crippen molar-refractivity contribution in [3.8, 4) is 5.75 Å². The Bertz CT molecular complexity index is 555. The third-order valence-corrected chi connectivity index (χ3v) is 5.31. The second kappa shape index (κ2) is 10.00. The molecular weight excluding hydrogens is 328 g/mol. The molecule has 2 aliphatic rings. The zero-order chi connectivity index (χ0) is 18.2. The Hall–Kier alpha value is -1.50. The Balaban J connectivity index is 1.70. The van der Waals surface area contributed by atoms with Crippen molar-refractivity contribution in [3.63, 3.8) is 0 Å². The summed E-state index contributed by atoms with van der Waals surface area (Å²) in [6.07, 6.45) is 2.68. The predicted octanol–water partition coefficient (Wildman–Crippen LogP) is 1.94. The molecule has 146 valence electrons. The molecule has 1 aromatic carbocycles. The zero-order valence-electron chi connectivity index (χ0n) is 16.4. The topological polar surface area (TPSA) is 49.0 Å². The molecule has 2 aliphatic heterocycles. The van der Waals surface area contributed by atoms with Crippen molar-refractivity contribution in [2.24, 2.45) is 0 Å². The van der Waals surface area contributed by atoms with Crippen LogP contribution in [-0.4, -0.2) is 77.6 Å². The largest absolute Gasteiger partial charge is 0.491 e. The Morgan fingerprint density at radius 2 is 1.85 bits per heavy atom. The summed E-state index contributed by atoms with van der Waals surface area (Å²) in [5.74, 6) is 0.921. The van der Waals surface area contributed by atoms with Crippen molar-refractivity contribution in [3.05, 3.63) is 17.7 Å². The van der Waals surface area contributed by atoms with E-state index in [-0.39, 0.29) is 0 Å². The van der Waals surface area contributed by atoms with Crippen LogP contribution in [0.4, 0.5) is 11.4 Å². The minimum absolute atomic E-state index is 0.577. The van der Waals surface area contributed by atoms with E-state index in [2.05, 4.69) is 39.5 Å². The van der Waals surface area contributed by atoms with Gasteiger partial charge in [0.1, 0.15) is 12.4 Å². The molecule has 1 aromatic rings. The molecule has 0 amide bonds. The lowest BCUT2D eigenvalue weighted by Gasteiger charge is -2.32. The van der Waals surface area contributed by atoms with Crippen molar-refractivity contribution < 1.29 is 9.47 Å². The van der Waals surface area contributed by atoms with Gasteiger partial charge in [-0.3, -0.25) is 0 Å². The normalized spacial score (nSPS) is 18.3. The van der Waals surface area contributed by atoms with Crippen LogP contribution in [0.5, 0.6) is 5.75 Å². The minimum Gasteiger partial charge on any atom is -0.491 e. The monoisotopic (exact) mass is 362 g/mol. The first-order chi connectivity index (χ1) is 12.8. The summed E-state index contributed by atoms with van der Waals surface area (Å²) in [4.78, 5) is 5.00. The van der Waals surface area contributed by atoms with Gasteiger partial charge in [-0.05, 0) is 38.4 Å². The SMILES string of the molecule is COCCOc1cc(NCCN2CCCC2)c(C)c(N2CCNCC2)c1. The lowest BCUT2D eigenvalue weighted by Crippen LogP contribution is -2.43. The second-order valence-corrected chi connectivity index (χ2v) is 7.17. The van der Waals surface area contributed by atoms with Gasteiger partial charge in [-0.25, -0.2) is 0 Å². The van der Waals surface area contributed by atoms with Crippen molar-refractivity contribution in [2.75, 3.05) is 82.9 Å². The lowest BCUT2D eigenvalue weighted by molar-refractivity contribution is 0.146. The number of benzene rings is 1. The number of nitrogens with zero attached hydrogens (tertiary/aromatic N) is 2. The number of anilines is 2. The quantitative estimate of drug-likeness (QED) is 0.655. The average Bonchev–Trinajstić information content (AvgIpc) is 3.18. The molecule has 0 spiro atoms. The molecule has 2 saturated heterocycles. The molecule has 26 heavy (non-hydrogen) atoms. The molecule has 0 unspecified atom stereocenters. The van der Waals surface area contributed by atoms with Crippen molar-refractivity contribution in [1.29, 1.82) is 0 Å². The summed E-state index contributed by atoms with van der Waals surface area (Å²) in [7, 11) is 1.70. The van der Waals surface area contributed by atoms with E-state index in [4.69, 9.17) is 9.47 Å². The Kier molecular flexibility index (Phi) is 7.41. The molecule has 2 heterocycles. The average molecular weight is 363 g/mol. The number of piperazine rings is 1. The van der Waals surface area contributed by atoms with Crippen LogP contribution >= 0.6 is 0 Å². The maximum Gasteiger partial charge on any atom is 0.123 e. The number of methoxy groups -OCH3 is 1. The van der Waals surface area contributed by atoms with Crippen LogP contribution in [0.15, 0.2) is 12.1 Å². The number of hydrogen-bond donors (Lipinski definition) is 2. The minimum atomic E-state index is 0.577. The fourth-order valence-electron chi connectivity index (χ4n) is 3.77. The van der Waals surface area contributed by atoms with Gasteiger partial charge in [-0.1, -0.05) is 0 Å². The number of hydrogen-bond acceptors (Lipinski definition) is 6. The number of rotatable bonds is 9. The summed E-state index contributed by atoms with van der Waals surface area (Å²) >= 11 is 0. The first kappa shape index (κ1) is 19.3. The highest BCUT2D eigenvalue weighted by Crippen LogP contribution is 2.33. The molecule has 6 heteroatoms. The summed E-state index contributed by atoms with van der Waals surface area (Å²) < 4.78 is 11.1. The highest BCUT2D eigenvalue weighted by molar-refractivity contribution is 5.69. The molecule has 0 bridgehead atoms. The first-order valence-electron chi connectivity index (χ1n) is 9.96. The van der Waals surface area contributed by atoms with Crippen LogP contribution in [0.25, 0.3) is 0 Å². The molecule has 0 aliphatic carbocycles. The van der Waals surface area contributed by atoms with E-state index in [9.17, 15) is 0 Å².